The number of nitrogens with zero attached hydrogens (tertiary/aromatic N) is 1. The summed E-state index contributed by atoms with van der Waals surface area (Å²) in [5, 5.41) is 13.5. The molecule has 0 saturated carbocycles. The van der Waals surface area contributed by atoms with Crippen LogP contribution in [0.4, 0.5) is 0 Å². The van der Waals surface area contributed by atoms with E-state index in [0.29, 0.717) is 0 Å². The fraction of sp³-hybridized carbons (Fsp3) is 0. The normalized spacial score (nSPS) is 11.0. The lowest BCUT2D eigenvalue weighted by atomic mass is 9.96. The van der Waals surface area contributed by atoms with Crippen LogP contribution in [0.2, 0.25) is 0 Å². The Morgan fingerprint density at radius 2 is 1.48 bits per heavy atom. The zero-order valence-corrected chi connectivity index (χ0v) is 11.3. The number of para-hydroxylation sites is 1. The van der Waals surface area contributed by atoms with Crippen molar-refractivity contribution >= 4 is 21.7 Å². The van der Waals surface area contributed by atoms with Crippen molar-refractivity contribution in [1.82, 2.24) is 4.98 Å². The number of phenolic OH excluding ortho intramolecular Hbond substituents is 1. The van der Waals surface area contributed by atoms with Crippen LogP contribution in [0.15, 0.2) is 72.9 Å². The van der Waals surface area contributed by atoms with Crippen LogP contribution in [0.25, 0.3) is 32.8 Å². The van der Waals surface area contributed by atoms with Crippen LogP contribution in [0, 0.1) is 0 Å². The predicted molar refractivity (Wildman–Crippen MR) is 86.3 cm³/mol. The van der Waals surface area contributed by atoms with E-state index >= 15 is 0 Å². The number of phenols is 1. The minimum atomic E-state index is 0.290. The van der Waals surface area contributed by atoms with Crippen molar-refractivity contribution in [1.29, 1.82) is 0 Å². The van der Waals surface area contributed by atoms with Gasteiger partial charge in [0.25, 0.3) is 0 Å². The summed E-state index contributed by atoms with van der Waals surface area (Å²) in [5.74, 6) is 0.290. The molecule has 1 aromatic heterocycles. The highest BCUT2D eigenvalue weighted by Crippen LogP contribution is 2.36. The summed E-state index contributed by atoms with van der Waals surface area (Å²) in [6.07, 6.45) is 1.90. The quantitative estimate of drug-likeness (QED) is 0.506. The standard InChI is InChI=1S/C19H13NO/c21-18-11-4-3-8-15(18)16-9-5-10-17-19(16)14-7-2-1-6-13(14)12-20-17/h1-12,21H. The summed E-state index contributed by atoms with van der Waals surface area (Å²) in [5.41, 5.74) is 2.78. The molecule has 4 aromatic rings. The second-order valence-corrected chi connectivity index (χ2v) is 5.06. The highest BCUT2D eigenvalue weighted by molar-refractivity contribution is 6.12. The molecule has 0 amide bonds. The van der Waals surface area contributed by atoms with Crippen molar-refractivity contribution in [3.63, 3.8) is 0 Å². The van der Waals surface area contributed by atoms with Crippen LogP contribution in [-0.4, -0.2) is 10.1 Å². The zero-order valence-electron chi connectivity index (χ0n) is 11.3. The average molecular weight is 271 g/mol. The van der Waals surface area contributed by atoms with Gasteiger partial charge in [0.15, 0.2) is 0 Å². The van der Waals surface area contributed by atoms with Crippen molar-refractivity contribution in [3.8, 4) is 16.9 Å². The summed E-state index contributed by atoms with van der Waals surface area (Å²) >= 11 is 0. The summed E-state index contributed by atoms with van der Waals surface area (Å²) in [7, 11) is 0. The molecule has 0 bridgehead atoms. The Hall–Kier alpha value is -2.87. The third-order valence-electron chi connectivity index (χ3n) is 3.81. The molecular formula is C19H13NO. The summed E-state index contributed by atoms with van der Waals surface area (Å²) in [6, 6.07) is 21.6. The molecule has 0 saturated heterocycles. The first-order valence-electron chi connectivity index (χ1n) is 6.89. The number of aromatic hydroxyl groups is 1. The average Bonchev–Trinajstić information content (AvgIpc) is 2.54. The molecule has 0 aliphatic rings. The van der Waals surface area contributed by atoms with E-state index in [4.69, 9.17) is 0 Å². The molecule has 1 N–H and O–H groups in total. The Morgan fingerprint density at radius 1 is 0.714 bits per heavy atom. The smallest absolute Gasteiger partial charge is 0.123 e. The molecule has 2 nitrogen and oxygen atoms in total. The molecule has 4 rings (SSSR count). The van der Waals surface area contributed by atoms with Crippen LogP contribution >= 0.6 is 0 Å². The Kier molecular flexibility index (Phi) is 2.61. The van der Waals surface area contributed by atoms with E-state index in [1.807, 2.05) is 54.7 Å². The number of aromatic nitrogens is 1. The van der Waals surface area contributed by atoms with E-state index in [0.717, 1.165) is 32.8 Å². The van der Waals surface area contributed by atoms with Crippen LogP contribution < -0.4 is 0 Å². The predicted octanol–water partition coefficient (Wildman–Crippen LogP) is 4.76. The van der Waals surface area contributed by atoms with Crippen molar-refractivity contribution in [2.75, 3.05) is 0 Å². The topological polar surface area (TPSA) is 33.1 Å². The van der Waals surface area contributed by atoms with E-state index in [2.05, 4.69) is 17.1 Å². The van der Waals surface area contributed by atoms with Gasteiger partial charge < -0.3 is 5.11 Å². The third kappa shape index (κ3) is 1.84. The zero-order chi connectivity index (χ0) is 14.2. The second-order valence-electron chi connectivity index (χ2n) is 5.06. The fourth-order valence-corrected chi connectivity index (χ4v) is 2.83. The molecule has 0 fully saturated rings. The maximum absolute atomic E-state index is 10.2. The lowest BCUT2D eigenvalue weighted by Gasteiger charge is -2.10. The SMILES string of the molecule is Oc1ccccc1-c1cccc2ncc3ccccc3c12. The van der Waals surface area contributed by atoms with Crippen LogP contribution in [0.3, 0.4) is 0 Å². The number of benzene rings is 3. The van der Waals surface area contributed by atoms with E-state index in [1.54, 1.807) is 6.07 Å². The Bertz CT molecular complexity index is 960. The summed E-state index contributed by atoms with van der Waals surface area (Å²) in [6.45, 7) is 0. The monoisotopic (exact) mass is 271 g/mol. The van der Waals surface area contributed by atoms with Gasteiger partial charge in [-0.05, 0) is 23.1 Å². The molecule has 1 heterocycles. The third-order valence-corrected chi connectivity index (χ3v) is 3.81. The lowest BCUT2D eigenvalue weighted by molar-refractivity contribution is 0.477. The van der Waals surface area contributed by atoms with Crippen molar-refractivity contribution < 1.29 is 5.11 Å². The summed E-state index contributed by atoms with van der Waals surface area (Å²) in [4.78, 5) is 4.54. The first kappa shape index (κ1) is 11.9. The number of fused-ring (bicyclic) bond motifs is 3. The molecule has 0 unspecified atom stereocenters. The number of pyridine rings is 1. The molecule has 3 aromatic carbocycles. The Labute approximate surface area is 122 Å². The Morgan fingerprint density at radius 3 is 2.38 bits per heavy atom. The van der Waals surface area contributed by atoms with Gasteiger partial charge in [-0.15, -0.1) is 0 Å². The molecule has 0 spiro atoms. The van der Waals surface area contributed by atoms with Gasteiger partial charge in [0.1, 0.15) is 5.75 Å². The lowest BCUT2D eigenvalue weighted by Crippen LogP contribution is -1.86. The molecular weight excluding hydrogens is 258 g/mol. The van der Waals surface area contributed by atoms with Crippen LogP contribution in [-0.2, 0) is 0 Å². The highest BCUT2D eigenvalue weighted by atomic mass is 16.3. The van der Waals surface area contributed by atoms with Gasteiger partial charge in [-0.25, -0.2) is 0 Å². The van der Waals surface area contributed by atoms with Gasteiger partial charge in [-0.2, -0.15) is 0 Å². The van der Waals surface area contributed by atoms with Crippen molar-refractivity contribution in [3.05, 3.63) is 72.9 Å². The number of rotatable bonds is 1. The largest absolute Gasteiger partial charge is 0.507 e. The molecule has 100 valence electrons. The first-order valence-corrected chi connectivity index (χ1v) is 6.89. The molecule has 21 heavy (non-hydrogen) atoms. The van der Waals surface area contributed by atoms with E-state index in [9.17, 15) is 5.11 Å². The van der Waals surface area contributed by atoms with E-state index in [1.165, 1.54) is 0 Å². The van der Waals surface area contributed by atoms with Crippen molar-refractivity contribution in [2.24, 2.45) is 0 Å². The van der Waals surface area contributed by atoms with Gasteiger partial charge in [0.05, 0.1) is 5.52 Å². The van der Waals surface area contributed by atoms with Crippen LogP contribution in [0.5, 0.6) is 5.75 Å². The fourth-order valence-electron chi connectivity index (χ4n) is 2.83. The van der Waals surface area contributed by atoms with E-state index < -0.39 is 0 Å². The molecule has 0 aliphatic carbocycles. The van der Waals surface area contributed by atoms with E-state index in [-0.39, 0.29) is 5.75 Å². The second kappa shape index (κ2) is 4.60. The first-order chi connectivity index (χ1) is 10.3. The van der Waals surface area contributed by atoms with Gasteiger partial charge in [0.2, 0.25) is 0 Å². The molecule has 2 heteroatoms. The number of hydrogen-bond acceptors (Lipinski definition) is 2. The molecule has 0 aliphatic heterocycles. The van der Waals surface area contributed by atoms with Gasteiger partial charge >= 0.3 is 0 Å². The highest BCUT2D eigenvalue weighted by Gasteiger charge is 2.10. The molecule has 0 atom stereocenters. The maximum atomic E-state index is 10.2. The summed E-state index contributed by atoms with van der Waals surface area (Å²) < 4.78 is 0. The Balaban J connectivity index is 2.19. The van der Waals surface area contributed by atoms with Gasteiger partial charge in [0, 0.05) is 22.5 Å². The minimum absolute atomic E-state index is 0.290. The van der Waals surface area contributed by atoms with Gasteiger partial charge in [-0.3, -0.25) is 4.98 Å². The van der Waals surface area contributed by atoms with Crippen molar-refractivity contribution in [2.45, 2.75) is 0 Å². The minimum Gasteiger partial charge on any atom is -0.507 e. The molecule has 0 radical (unpaired) electrons. The van der Waals surface area contributed by atoms with Crippen LogP contribution in [0.1, 0.15) is 0 Å². The number of hydrogen-bond donors (Lipinski definition) is 1. The van der Waals surface area contributed by atoms with Gasteiger partial charge in [-0.1, -0.05) is 54.6 Å². The maximum Gasteiger partial charge on any atom is 0.123 e.